The number of anilines is 2. The first-order chi connectivity index (χ1) is 13.7. The van der Waals surface area contributed by atoms with E-state index in [0.29, 0.717) is 23.2 Å². The molecule has 1 fully saturated rings. The third-order valence-electron chi connectivity index (χ3n) is 5.07. The molecule has 2 aromatic rings. The molecule has 0 atom stereocenters. The Morgan fingerprint density at radius 1 is 1.04 bits per heavy atom. The second kappa shape index (κ2) is 9.97. The number of ether oxygens (including phenoxy) is 2. The van der Waals surface area contributed by atoms with Crippen LogP contribution in [0.15, 0.2) is 36.5 Å². The van der Waals surface area contributed by atoms with E-state index >= 15 is 0 Å². The Morgan fingerprint density at radius 3 is 2.43 bits per heavy atom. The topological polar surface area (TPSA) is 72.5 Å². The van der Waals surface area contributed by atoms with E-state index < -0.39 is 0 Å². The molecule has 150 valence electrons. The predicted octanol–water partition coefficient (Wildman–Crippen LogP) is 4.41. The van der Waals surface area contributed by atoms with E-state index in [0.717, 1.165) is 11.4 Å². The lowest BCUT2D eigenvalue weighted by atomic mass is 10.1. The molecular weight excluding hydrogens is 354 g/mol. The van der Waals surface area contributed by atoms with Crippen LogP contribution in [0.25, 0.3) is 0 Å². The van der Waals surface area contributed by atoms with Gasteiger partial charge in [0, 0.05) is 6.04 Å². The van der Waals surface area contributed by atoms with E-state index in [1.807, 2.05) is 24.3 Å². The van der Waals surface area contributed by atoms with Crippen molar-refractivity contribution in [3.05, 3.63) is 42.1 Å². The number of rotatable bonds is 7. The number of carbonyl (C=O) groups is 1. The fourth-order valence-electron chi connectivity index (χ4n) is 3.57. The van der Waals surface area contributed by atoms with E-state index in [-0.39, 0.29) is 12.3 Å². The summed E-state index contributed by atoms with van der Waals surface area (Å²) >= 11 is 0. The zero-order valence-corrected chi connectivity index (χ0v) is 16.7. The molecule has 1 aliphatic carbocycles. The van der Waals surface area contributed by atoms with E-state index in [4.69, 9.17) is 9.47 Å². The molecule has 0 bridgehead atoms. The Balaban J connectivity index is 1.54. The monoisotopic (exact) mass is 383 g/mol. The summed E-state index contributed by atoms with van der Waals surface area (Å²) < 4.78 is 10.5. The number of amides is 1. The third-order valence-corrected chi connectivity index (χ3v) is 5.07. The number of nitrogens with zero attached hydrogens (tertiary/aromatic N) is 1. The average Bonchev–Trinajstić information content (AvgIpc) is 2.98. The largest absolute Gasteiger partial charge is 0.493 e. The highest BCUT2D eigenvalue weighted by Gasteiger charge is 2.13. The Labute approximate surface area is 166 Å². The molecule has 28 heavy (non-hydrogen) atoms. The molecule has 2 N–H and O–H groups in total. The minimum atomic E-state index is -0.0986. The lowest BCUT2D eigenvalue weighted by molar-refractivity contribution is -0.115. The van der Waals surface area contributed by atoms with Crippen LogP contribution in [-0.2, 0) is 11.2 Å². The standard InChI is InChI=1S/C22H29N3O3/c1-27-19-11-9-16(13-20(19)28-2)14-22(26)25-18-10-12-21(23-15-18)24-17-7-5-3-4-6-8-17/h9-13,15,17H,3-8,14H2,1-2H3,(H,23,24)(H,25,26). The Kier molecular flexibility index (Phi) is 7.12. The van der Waals surface area contributed by atoms with Gasteiger partial charge in [0.05, 0.1) is 32.5 Å². The lowest BCUT2D eigenvalue weighted by Gasteiger charge is -2.17. The highest BCUT2D eigenvalue weighted by atomic mass is 16.5. The van der Waals surface area contributed by atoms with Gasteiger partial charge in [0.25, 0.3) is 0 Å². The van der Waals surface area contributed by atoms with Gasteiger partial charge in [-0.3, -0.25) is 4.79 Å². The molecule has 0 spiro atoms. The van der Waals surface area contributed by atoms with E-state index in [1.54, 1.807) is 26.5 Å². The van der Waals surface area contributed by atoms with Crippen molar-refractivity contribution in [3.8, 4) is 11.5 Å². The first-order valence-corrected chi connectivity index (χ1v) is 9.91. The van der Waals surface area contributed by atoms with Crippen LogP contribution in [0.2, 0.25) is 0 Å². The highest BCUT2D eigenvalue weighted by molar-refractivity contribution is 5.92. The molecule has 6 nitrogen and oxygen atoms in total. The number of pyridine rings is 1. The molecule has 6 heteroatoms. The van der Waals surface area contributed by atoms with Crippen molar-refractivity contribution in [2.75, 3.05) is 24.9 Å². The number of hydrogen-bond acceptors (Lipinski definition) is 5. The van der Waals surface area contributed by atoms with Crippen molar-refractivity contribution in [2.45, 2.75) is 51.0 Å². The van der Waals surface area contributed by atoms with Gasteiger partial charge in [-0.05, 0) is 42.7 Å². The van der Waals surface area contributed by atoms with Gasteiger partial charge in [-0.25, -0.2) is 4.98 Å². The van der Waals surface area contributed by atoms with Crippen molar-refractivity contribution in [2.24, 2.45) is 0 Å². The quantitative estimate of drug-likeness (QED) is 0.693. The minimum Gasteiger partial charge on any atom is -0.493 e. The molecule has 1 amide bonds. The van der Waals surface area contributed by atoms with E-state index in [2.05, 4.69) is 15.6 Å². The molecule has 1 saturated carbocycles. The van der Waals surface area contributed by atoms with Crippen LogP contribution in [-0.4, -0.2) is 31.2 Å². The van der Waals surface area contributed by atoms with Gasteiger partial charge in [0.1, 0.15) is 5.82 Å². The van der Waals surface area contributed by atoms with Gasteiger partial charge >= 0.3 is 0 Å². The summed E-state index contributed by atoms with van der Waals surface area (Å²) in [6.07, 6.45) is 9.57. The van der Waals surface area contributed by atoms with Crippen LogP contribution in [0.5, 0.6) is 11.5 Å². The molecule has 3 rings (SSSR count). The number of carbonyl (C=O) groups excluding carboxylic acids is 1. The van der Waals surface area contributed by atoms with Crippen molar-refractivity contribution >= 4 is 17.4 Å². The molecule has 1 heterocycles. The molecule has 1 aliphatic rings. The lowest BCUT2D eigenvalue weighted by Crippen LogP contribution is -2.19. The van der Waals surface area contributed by atoms with E-state index in [9.17, 15) is 4.79 Å². The highest BCUT2D eigenvalue weighted by Crippen LogP contribution is 2.28. The van der Waals surface area contributed by atoms with Crippen molar-refractivity contribution in [3.63, 3.8) is 0 Å². The minimum absolute atomic E-state index is 0.0986. The molecular formula is C22H29N3O3. The summed E-state index contributed by atoms with van der Waals surface area (Å²) in [5.41, 5.74) is 1.55. The van der Waals surface area contributed by atoms with Gasteiger partial charge in [-0.15, -0.1) is 0 Å². The van der Waals surface area contributed by atoms with Crippen LogP contribution in [0.3, 0.4) is 0 Å². The van der Waals surface area contributed by atoms with Gasteiger partial charge in [-0.1, -0.05) is 31.7 Å². The summed E-state index contributed by atoms with van der Waals surface area (Å²) in [5, 5.41) is 6.41. The molecule has 1 aromatic heterocycles. The zero-order valence-electron chi connectivity index (χ0n) is 16.7. The zero-order chi connectivity index (χ0) is 19.8. The Morgan fingerprint density at radius 2 is 1.79 bits per heavy atom. The van der Waals surface area contributed by atoms with Crippen LogP contribution in [0, 0.1) is 0 Å². The van der Waals surface area contributed by atoms with Gasteiger partial charge < -0.3 is 20.1 Å². The predicted molar refractivity (Wildman–Crippen MR) is 111 cm³/mol. The van der Waals surface area contributed by atoms with Gasteiger partial charge in [0.2, 0.25) is 5.91 Å². The van der Waals surface area contributed by atoms with Gasteiger partial charge in [0.15, 0.2) is 11.5 Å². The van der Waals surface area contributed by atoms with Crippen LogP contribution < -0.4 is 20.1 Å². The fraction of sp³-hybridized carbons (Fsp3) is 0.455. The normalized spacial score (nSPS) is 14.8. The smallest absolute Gasteiger partial charge is 0.228 e. The number of methoxy groups -OCH3 is 2. The average molecular weight is 383 g/mol. The number of aromatic nitrogens is 1. The number of benzene rings is 1. The molecule has 0 aliphatic heterocycles. The maximum absolute atomic E-state index is 12.3. The van der Waals surface area contributed by atoms with Gasteiger partial charge in [-0.2, -0.15) is 0 Å². The molecule has 1 aromatic carbocycles. The van der Waals surface area contributed by atoms with Crippen molar-refractivity contribution in [1.29, 1.82) is 0 Å². The first-order valence-electron chi connectivity index (χ1n) is 9.91. The third kappa shape index (κ3) is 5.62. The molecule has 0 unspecified atom stereocenters. The maximum Gasteiger partial charge on any atom is 0.228 e. The second-order valence-corrected chi connectivity index (χ2v) is 7.18. The van der Waals surface area contributed by atoms with Crippen molar-refractivity contribution in [1.82, 2.24) is 4.98 Å². The number of nitrogens with one attached hydrogen (secondary N) is 2. The molecule has 0 radical (unpaired) electrons. The van der Waals surface area contributed by atoms with Crippen LogP contribution >= 0.6 is 0 Å². The first kappa shape index (κ1) is 20.0. The summed E-state index contributed by atoms with van der Waals surface area (Å²) in [6, 6.07) is 9.79. The maximum atomic E-state index is 12.3. The Bertz CT molecular complexity index is 769. The Hall–Kier alpha value is -2.76. The summed E-state index contributed by atoms with van der Waals surface area (Å²) in [6.45, 7) is 0. The second-order valence-electron chi connectivity index (χ2n) is 7.18. The molecule has 0 saturated heterocycles. The summed E-state index contributed by atoms with van der Waals surface area (Å²) in [7, 11) is 3.17. The summed E-state index contributed by atoms with van der Waals surface area (Å²) in [5.74, 6) is 2.03. The van der Waals surface area contributed by atoms with Crippen LogP contribution in [0.1, 0.15) is 44.1 Å². The SMILES string of the molecule is COc1ccc(CC(=O)Nc2ccc(NC3CCCCCC3)nc2)cc1OC. The number of hydrogen-bond donors (Lipinski definition) is 2. The van der Waals surface area contributed by atoms with Crippen LogP contribution in [0.4, 0.5) is 11.5 Å². The fourth-order valence-corrected chi connectivity index (χ4v) is 3.57. The summed E-state index contributed by atoms with van der Waals surface area (Å²) in [4.78, 5) is 16.8. The van der Waals surface area contributed by atoms with Crippen molar-refractivity contribution < 1.29 is 14.3 Å². The van der Waals surface area contributed by atoms with E-state index in [1.165, 1.54) is 38.5 Å².